The summed E-state index contributed by atoms with van der Waals surface area (Å²) in [6.07, 6.45) is 1.66. The first-order chi connectivity index (χ1) is 6.77. The molecule has 0 bridgehead atoms. The standard InChI is InChI=1S/C9H8N2O3/c12-8(13)5-14-7-3-1-2-6-4-10-11-9(6)7/h1-4H,5H2,(H,10,11)(H,12,13). The summed E-state index contributed by atoms with van der Waals surface area (Å²) in [5.41, 5.74) is 0.716. The monoisotopic (exact) mass is 192 g/mol. The molecule has 0 atom stereocenters. The third kappa shape index (κ3) is 1.52. The number of hydrogen-bond acceptors (Lipinski definition) is 3. The summed E-state index contributed by atoms with van der Waals surface area (Å²) in [6, 6.07) is 5.35. The highest BCUT2D eigenvalue weighted by Gasteiger charge is 2.04. The lowest BCUT2D eigenvalue weighted by atomic mass is 10.2. The molecule has 0 aliphatic carbocycles. The van der Waals surface area contributed by atoms with Crippen molar-refractivity contribution in [2.24, 2.45) is 0 Å². The van der Waals surface area contributed by atoms with E-state index in [2.05, 4.69) is 10.2 Å². The van der Waals surface area contributed by atoms with Gasteiger partial charge in [0.2, 0.25) is 0 Å². The molecule has 5 nitrogen and oxygen atoms in total. The van der Waals surface area contributed by atoms with E-state index in [0.29, 0.717) is 11.3 Å². The maximum absolute atomic E-state index is 10.3. The van der Waals surface area contributed by atoms with Crippen LogP contribution in [0.2, 0.25) is 0 Å². The first-order valence-corrected chi connectivity index (χ1v) is 4.04. The molecule has 0 saturated carbocycles. The Kier molecular flexibility index (Phi) is 2.06. The quantitative estimate of drug-likeness (QED) is 0.761. The molecule has 1 aromatic carbocycles. The first kappa shape index (κ1) is 8.55. The lowest BCUT2D eigenvalue weighted by molar-refractivity contribution is -0.139. The number of rotatable bonds is 3. The number of para-hydroxylation sites is 1. The van der Waals surface area contributed by atoms with Crippen molar-refractivity contribution in [1.82, 2.24) is 10.2 Å². The van der Waals surface area contributed by atoms with E-state index in [4.69, 9.17) is 9.84 Å². The molecular formula is C9H8N2O3. The summed E-state index contributed by atoms with van der Waals surface area (Å²) < 4.78 is 5.07. The van der Waals surface area contributed by atoms with Crippen LogP contribution in [0.5, 0.6) is 5.75 Å². The Balaban J connectivity index is 2.32. The van der Waals surface area contributed by atoms with Crippen molar-refractivity contribution in [3.8, 4) is 5.75 Å². The number of ether oxygens (including phenoxy) is 1. The second-order valence-corrected chi connectivity index (χ2v) is 2.77. The van der Waals surface area contributed by atoms with Crippen molar-refractivity contribution in [3.63, 3.8) is 0 Å². The van der Waals surface area contributed by atoms with Gasteiger partial charge < -0.3 is 9.84 Å². The summed E-state index contributed by atoms with van der Waals surface area (Å²) in [5.74, 6) is -0.496. The van der Waals surface area contributed by atoms with Gasteiger partial charge in [0.15, 0.2) is 6.61 Å². The van der Waals surface area contributed by atoms with Gasteiger partial charge >= 0.3 is 5.97 Å². The summed E-state index contributed by atoms with van der Waals surface area (Å²) >= 11 is 0. The van der Waals surface area contributed by atoms with Crippen LogP contribution in [-0.2, 0) is 4.79 Å². The van der Waals surface area contributed by atoms with E-state index in [-0.39, 0.29) is 6.61 Å². The molecule has 1 heterocycles. The second kappa shape index (κ2) is 3.37. The van der Waals surface area contributed by atoms with E-state index in [1.165, 1.54) is 0 Å². The number of aromatic amines is 1. The van der Waals surface area contributed by atoms with Gasteiger partial charge in [0.05, 0.1) is 6.20 Å². The molecule has 0 fully saturated rings. The minimum Gasteiger partial charge on any atom is -0.480 e. The van der Waals surface area contributed by atoms with Gasteiger partial charge in [-0.25, -0.2) is 4.79 Å². The third-order valence-corrected chi connectivity index (χ3v) is 1.79. The van der Waals surface area contributed by atoms with Crippen LogP contribution in [0.4, 0.5) is 0 Å². The van der Waals surface area contributed by atoms with Crippen LogP contribution in [0, 0.1) is 0 Å². The number of fused-ring (bicyclic) bond motifs is 1. The molecule has 0 aliphatic heterocycles. The Morgan fingerprint density at radius 1 is 1.57 bits per heavy atom. The fraction of sp³-hybridized carbons (Fsp3) is 0.111. The molecule has 2 rings (SSSR count). The van der Waals surface area contributed by atoms with Crippen molar-refractivity contribution in [2.75, 3.05) is 6.61 Å². The van der Waals surface area contributed by atoms with Gasteiger partial charge in [-0.05, 0) is 6.07 Å². The minimum absolute atomic E-state index is 0.349. The summed E-state index contributed by atoms with van der Waals surface area (Å²) in [4.78, 5) is 10.3. The average Bonchev–Trinajstić information content (AvgIpc) is 2.62. The topological polar surface area (TPSA) is 75.2 Å². The van der Waals surface area contributed by atoms with Crippen molar-refractivity contribution >= 4 is 16.9 Å². The van der Waals surface area contributed by atoms with Gasteiger partial charge in [0.25, 0.3) is 0 Å². The molecule has 5 heteroatoms. The molecule has 0 unspecified atom stereocenters. The maximum Gasteiger partial charge on any atom is 0.341 e. The average molecular weight is 192 g/mol. The SMILES string of the molecule is O=C(O)COc1cccc2cn[nH]c12. The van der Waals surface area contributed by atoms with Crippen molar-refractivity contribution in [1.29, 1.82) is 0 Å². The number of H-pyrrole nitrogens is 1. The van der Waals surface area contributed by atoms with Crippen molar-refractivity contribution in [3.05, 3.63) is 24.4 Å². The zero-order valence-corrected chi connectivity index (χ0v) is 7.23. The van der Waals surface area contributed by atoms with E-state index in [1.54, 1.807) is 18.3 Å². The van der Waals surface area contributed by atoms with Crippen LogP contribution >= 0.6 is 0 Å². The lowest BCUT2D eigenvalue weighted by Crippen LogP contribution is -2.09. The highest BCUT2D eigenvalue weighted by molar-refractivity contribution is 5.84. The van der Waals surface area contributed by atoms with Crippen LogP contribution < -0.4 is 4.74 Å². The highest BCUT2D eigenvalue weighted by Crippen LogP contribution is 2.22. The number of carboxylic acids is 1. The number of aliphatic carboxylic acids is 1. The van der Waals surface area contributed by atoms with E-state index in [9.17, 15) is 4.79 Å². The largest absolute Gasteiger partial charge is 0.480 e. The molecule has 2 aromatic rings. The van der Waals surface area contributed by atoms with E-state index < -0.39 is 5.97 Å². The van der Waals surface area contributed by atoms with Crippen LogP contribution in [0.1, 0.15) is 0 Å². The normalized spacial score (nSPS) is 10.3. The molecule has 72 valence electrons. The smallest absolute Gasteiger partial charge is 0.341 e. The molecule has 0 saturated heterocycles. The van der Waals surface area contributed by atoms with E-state index in [0.717, 1.165) is 5.39 Å². The third-order valence-electron chi connectivity index (χ3n) is 1.79. The number of aromatic nitrogens is 2. The molecule has 0 amide bonds. The van der Waals surface area contributed by atoms with E-state index >= 15 is 0 Å². The number of carboxylic acid groups (broad SMARTS) is 1. The zero-order valence-electron chi connectivity index (χ0n) is 7.23. The van der Waals surface area contributed by atoms with Crippen LogP contribution in [-0.4, -0.2) is 27.9 Å². The zero-order chi connectivity index (χ0) is 9.97. The molecule has 0 radical (unpaired) electrons. The predicted octanol–water partition coefficient (Wildman–Crippen LogP) is 1.03. The number of nitrogens with zero attached hydrogens (tertiary/aromatic N) is 1. The molecule has 0 spiro atoms. The van der Waals surface area contributed by atoms with Crippen LogP contribution in [0.3, 0.4) is 0 Å². The molecule has 1 aromatic heterocycles. The number of carbonyl (C=O) groups is 1. The van der Waals surface area contributed by atoms with Crippen molar-refractivity contribution in [2.45, 2.75) is 0 Å². The number of benzene rings is 1. The minimum atomic E-state index is -0.999. The molecule has 2 N–H and O–H groups in total. The van der Waals surface area contributed by atoms with E-state index in [1.807, 2.05) is 6.07 Å². The summed E-state index contributed by atoms with van der Waals surface area (Å²) in [6.45, 7) is -0.349. The number of nitrogens with one attached hydrogen (secondary N) is 1. The Hall–Kier alpha value is -2.04. The molecule has 14 heavy (non-hydrogen) atoms. The Labute approximate surface area is 79.3 Å². The summed E-state index contributed by atoms with van der Waals surface area (Å²) in [7, 11) is 0. The first-order valence-electron chi connectivity index (χ1n) is 4.04. The Morgan fingerprint density at radius 2 is 2.43 bits per heavy atom. The summed E-state index contributed by atoms with van der Waals surface area (Å²) in [5, 5.41) is 15.9. The molecular weight excluding hydrogens is 184 g/mol. The van der Waals surface area contributed by atoms with Gasteiger partial charge in [-0.3, -0.25) is 5.10 Å². The Morgan fingerprint density at radius 3 is 3.21 bits per heavy atom. The number of hydrogen-bond donors (Lipinski definition) is 2. The van der Waals surface area contributed by atoms with Gasteiger partial charge in [-0.1, -0.05) is 12.1 Å². The van der Waals surface area contributed by atoms with Gasteiger partial charge in [-0.2, -0.15) is 5.10 Å². The Bertz CT molecular complexity index is 464. The van der Waals surface area contributed by atoms with Gasteiger partial charge in [-0.15, -0.1) is 0 Å². The van der Waals surface area contributed by atoms with Crippen LogP contribution in [0.15, 0.2) is 24.4 Å². The van der Waals surface area contributed by atoms with Crippen molar-refractivity contribution < 1.29 is 14.6 Å². The van der Waals surface area contributed by atoms with Gasteiger partial charge in [0.1, 0.15) is 11.3 Å². The predicted molar refractivity (Wildman–Crippen MR) is 49.2 cm³/mol. The lowest BCUT2D eigenvalue weighted by Gasteiger charge is -2.02. The van der Waals surface area contributed by atoms with Gasteiger partial charge in [0, 0.05) is 5.39 Å². The fourth-order valence-electron chi connectivity index (χ4n) is 1.20. The van der Waals surface area contributed by atoms with Crippen LogP contribution in [0.25, 0.3) is 10.9 Å². The maximum atomic E-state index is 10.3. The highest BCUT2D eigenvalue weighted by atomic mass is 16.5. The fourth-order valence-corrected chi connectivity index (χ4v) is 1.20. The second-order valence-electron chi connectivity index (χ2n) is 2.77. The molecule has 0 aliphatic rings.